The highest BCUT2D eigenvalue weighted by molar-refractivity contribution is 6.10. The molecule has 1 aliphatic heterocycles. The zero-order valence-corrected chi connectivity index (χ0v) is 15.8. The SMILES string of the molecule is CN1C(=O)[C@](CC(=O)Nc2ccccc2)(Cc2ccccc2)c2ccccc21. The van der Waals surface area contributed by atoms with E-state index < -0.39 is 5.41 Å². The molecule has 0 radical (unpaired) electrons. The Labute approximate surface area is 164 Å². The fourth-order valence-corrected chi connectivity index (χ4v) is 4.07. The minimum atomic E-state index is -0.911. The highest BCUT2D eigenvalue weighted by Gasteiger charge is 2.50. The van der Waals surface area contributed by atoms with Crippen LogP contribution in [-0.2, 0) is 21.4 Å². The number of amides is 2. The van der Waals surface area contributed by atoms with E-state index in [9.17, 15) is 9.59 Å². The molecule has 1 atom stereocenters. The maximum atomic E-state index is 13.4. The first-order valence-corrected chi connectivity index (χ1v) is 9.37. The van der Waals surface area contributed by atoms with Crippen LogP contribution in [0.5, 0.6) is 0 Å². The number of carbonyl (C=O) groups is 2. The Morgan fingerprint density at radius 1 is 0.893 bits per heavy atom. The van der Waals surface area contributed by atoms with Gasteiger partial charge in [0.15, 0.2) is 0 Å². The molecular formula is C24H22N2O2. The van der Waals surface area contributed by atoms with E-state index in [-0.39, 0.29) is 18.2 Å². The van der Waals surface area contributed by atoms with Gasteiger partial charge in [0.2, 0.25) is 11.8 Å². The molecule has 0 unspecified atom stereocenters. The molecular weight excluding hydrogens is 348 g/mol. The summed E-state index contributed by atoms with van der Waals surface area (Å²) in [5.41, 5.74) is 2.64. The summed E-state index contributed by atoms with van der Waals surface area (Å²) in [6, 6.07) is 27.0. The standard InChI is InChI=1S/C24H22N2O2/c1-26-21-15-9-8-14-20(21)24(23(26)28,16-18-10-4-2-5-11-18)17-22(27)25-19-12-6-3-7-13-19/h2-15H,16-17H2,1H3,(H,25,27)/t24-/m0/s1. The topological polar surface area (TPSA) is 49.4 Å². The predicted molar refractivity (Wildman–Crippen MR) is 111 cm³/mol. The Hall–Kier alpha value is -3.40. The van der Waals surface area contributed by atoms with Crippen molar-refractivity contribution in [2.75, 3.05) is 17.3 Å². The molecule has 4 nitrogen and oxygen atoms in total. The van der Waals surface area contributed by atoms with Crippen molar-refractivity contribution in [2.24, 2.45) is 0 Å². The van der Waals surface area contributed by atoms with Crippen molar-refractivity contribution in [3.05, 3.63) is 96.1 Å². The van der Waals surface area contributed by atoms with Crippen molar-refractivity contribution in [1.82, 2.24) is 0 Å². The highest BCUT2D eigenvalue weighted by atomic mass is 16.2. The summed E-state index contributed by atoms with van der Waals surface area (Å²) in [4.78, 5) is 28.0. The van der Waals surface area contributed by atoms with Crippen LogP contribution in [-0.4, -0.2) is 18.9 Å². The lowest BCUT2D eigenvalue weighted by Crippen LogP contribution is -2.43. The molecule has 2 amide bonds. The summed E-state index contributed by atoms with van der Waals surface area (Å²) in [6.07, 6.45) is 0.577. The van der Waals surface area contributed by atoms with Crippen LogP contribution in [0.15, 0.2) is 84.9 Å². The number of para-hydroxylation sites is 2. The summed E-state index contributed by atoms with van der Waals surface area (Å²) in [5, 5.41) is 2.94. The molecule has 0 spiro atoms. The van der Waals surface area contributed by atoms with Gasteiger partial charge in [-0.3, -0.25) is 9.59 Å². The van der Waals surface area contributed by atoms with Crippen LogP contribution in [0.4, 0.5) is 11.4 Å². The Bertz CT molecular complexity index is 1000. The van der Waals surface area contributed by atoms with Crippen LogP contribution in [0.25, 0.3) is 0 Å². The van der Waals surface area contributed by atoms with Crippen LogP contribution in [0, 0.1) is 0 Å². The number of hydrogen-bond donors (Lipinski definition) is 1. The van der Waals surface area contributed by atoms with Gasteiger partial charge in [0, 0.05) is 24.8 Å². The average molecular weight is 370 g/mol. The van der Waals surface area contributed by atoms with Crippen molar-refractivity contribution < 1.29 is 9.59 Å². The van der Waals surface area contributed by atoms with Crippen molar-refractivity contribution in [2.45, 2.75) is 18.3 Å². The molecule has 0 aromatic heterocycles. The quantitative estimate of drug-likeness (QED) is 0.733. The lowest BCUT2D eigenvalue weighted by Gasteiger charge is -2.28. The molecule has 3 aromatic carbocycles. The Morgan fingerprint density at radius 2 is 1.50 bits per heavy atom. The second-order valence-corrected chi connectivity index (χ2v) is 7.22. The molecule has 0 bridgehead atoms. The van der Waals surface area contributed by atoms with Crippen molar-refractivity contribution in [1.29, 1.82) is 0 Å². The number of likely N-dealkylation sites (N-methyl/N-ethyl adjacent to an activating group) is 1. The van der Waals surface area contributed by atoms with Gasteiger partial charge in [-0.1, -0.05) is 66.7 Å². The molecule has 1 N–H and O–H groups in total. The molecule has 0 saturated heterocycles. The van der Waals surface area contributed by atoms with E-state index in [2.05, 4.69) is 5.32 Å². The van der Waals surface area contributed by atoms with Gasteiger partial charge in [-0.2, -0.15) is 0 Å². The third-order valence-electron chi connectivity index (χ3n) is 5.36. The molecule has 0 aliphatic carbocycles. The van der Waals surface area contributed by atoms with Crippen molar-refractivity contribution in [3.63, 3.8) is 0 Å². The summed E-state index contributed by atoms with van der Waals surface area (Å²) < 4.78 is 0. The maximum Gasteiger partial charge on any atom is 0.238 e. The number of carbonyl (C=O) groups excluding carboxylic acids is 2. The minimum absolute atomic E-state index is 0.0410. The van der Waals surface area contributed by atoms with E-state index in [1.54, 1.807) is 11.9 Å². The zero-order chi connectivity index (χ0) is 19.6. The number of anilines is 2. The predicted octanol–water partition coefficient (Wildman–Crippen LogP) is 4.17. The Balaban J connectivity index is 1.72. The molecule has 3 aromatic rings. The van der Waals surface area contributed by atoms with Crippen LogP contribution in [0.1, 0.15) is 17.5 Å². The van der Waals surface area contributed by atoms with E-state index >= 15 is 0 Å². The molecule has 1 aliphatic rings. The van der Waals surface area contributed by atoms with E-state index in [1.807, 2.05) is 84.9 Å². The molecule has 4 heteroatoms. The van der Waals surface area contributed by atoms with Crippen LogP contribution in [0.2, 0.25) is 0 Å². The number of fused-ring (bicyclic) bond motifs is 1. The molecule has 1 heterocycles. The summed E-state index contributed by atoms with van der Waals surface area (Å²) in [6.45, 7) is 0. The third kappa shape index (κ3) is 3.18. The lowest BCUT2D eigenvalue weighted by molar-refractivity contribution is -0.127. The average Bonchev–Trinajstić information content (AvgIpc) is 2.92. The van der Waals surface area contributed by atoms with Crippen LogP contribution >= 0.6 is 0 Å². The number of rotatable bonds is 5. The zero-order valence-electron chi connectivity index (χ0n) is 15.8. The fraction of sp³-hybridized carbons (Fsp3) is 0.167. The van der Waals surface area contributed by atoms with Gasteiger partial charge >= 0.3 is 0 Å². The van der Waals surface area contributed by atoms with Gasteiger partial charge in [-0.25, -0.2) is 0 Å². The van der Waals surface area contributed by atoms with Gasteiger partial charge in [0.05, 0.1) is 5.41 Å². The monoisotopic (exact) mass is 370 g/mol. The first-order chi connectivity index (χ1) is 13.6. The number of hydrogen-bond acceptors (Lipinski definition) is 2. The molecule has 0 fully saturated rings. The normalized spacial score (nSPS) is 18.0. The Kier molecular flexibility index (Phi) is 4.70. The largest absolute Gasteiger partial charge is 0.326 e. The fourth-order valence-electron chi connectivity index (χ4n) is 4.07. The van der Waals surface area contributed by atoms with Gasteiger partial charge in [-0.15, -0.1) is 0 Å². The number of nitrogens with one attached hydrogen (secondary N) is 1. The van der Waals surface area contributed by atoms with E-state index in [4.69, 9.17) is 0 Å². The first kappa shape index (κ1) is 18.0. The Morgan fingerprint density at radius 3 is 2.21 bits per heavy atom. The summed E-state index contributed by atoms with van der Waals surface area (Å²) in [7, 11) is 1.78. The smallest absolute Gasteiger partial charge is 0.238 e. The van der Waals surface area contributed by atoms with Gasteiger partial charge in [0.1, 0.15) is 0 Å². The van der Waals surface area contributed by atoms with E-state index in [1.165, 1.54) is 0 Å². The second kappa shape index (κ2) is 7.31. The van der Waals surface area contributed by atoms with Crippen molar-refractivity contribution in [3.8, 4) is 0 Å². The lowest BCUT2D eigenvalue weighted by atomic mass is 9.73. The van der Waals surface area contributed by atoms with Gasteiger partial charge in [0.25, 0.3) is 0 Å². The summed E-state index contributed by atoms with van der Waals surface area (Å²) in [5.74, 6) is -0.207. The molecule has 28 heavy (non-hydrogen) atoms. The van der Waals surface area contributed by atoms with Crippen molar-refractivity contribution >= 4 is 23.2 Å². The van der Waals surface area contributed by atoms with Gasteiger partial charge in [-0.05, 0) is 35.7 Å². The molecule has 4 rings (SSSR count). The second-order valence-electron chi connectivity index (χ2n) is 7.22. The van der Waals surface area contributed by atoms with Crippen LogP contribution in [0.3, 0.4) is 0 Å². The maximum absolute atomic E-state index is 13.4. The van der Waals surface area contributed by atoms with Gasteiger partial charge < -0.3 is 10.2 Å². The highest BCUT2D eigenvalue weighted by Crippen LogP contribution is 2.45. The first-order valence-electron chi connectivity index (χ1n) is 9.37. The minimum Gasteiger partial charge on any atom is -0.326 e. The van der Waals surface area contributed by atoms with E-state index in [0.29, 0.717) is 6.42 Å². The van der Waals surface area contributed by atoms with Crippen LogP contribution < -0.4 is 10.2 Å². The molecule has 140 valence electrons. The van der Waals surface area contributed by atoms with E-state index in [0.717, 1.165) is 22.5 Å². The molecule has 0 saturated carbocycles. The number of benzene rings is 3. The number of nitrogens with zero attached hydrogens (tertiary/aromatic N) is 1. The summed E-state index contributed by atoms with van der Waals surface area (Å²) >= 11 is 0. The third-order valence-corrected chi connectivity index (χ3v) is 5.36.